The van der Waals surface area contributed by atoms with Gasteiger partial charge in [0.05, 0.1) is 36.9 Å². The van der Waals surface area contributed by atoms with Gasteiger partial charge in [0.2, 0.25) is 11.4 Å². The van der Waals surface area contributed by atoms with E-state index in [0.29, 0.717) is 11.5 Å². The van der Waals surface area contributed by atoms with Crippen LogP contribution in [0, 0.1) is 10.4 Å². The van der Waals surface area contributed by atoms with Crippen LogP contribution in [0.4, 0.5) is 0 Å². The Bertz CT molecular complexity index is 1050. The predicted molar refractivity (Wildman–Crippen MR) is 150 cm³/mol. The summed E-state index contributed by atoms with van der Waals surface area (Å²) >= 11 is 14.8. The number of rotatable bonds is 6. The van der Waals surface area contributed by atoms with Crippen LogP contribution in [-0.2, 0) is 11.5 Å². The predicted octanol–water partition coefficient (Wildman–Crippen LogP) is 6.94. The largest absolute Gasteiger partial charge is 0.618 e. The van der Waals surface area contributed by atoms with E-state index in [1.807, 2.05) is 94.8 Å². The number of aromatic nitrogens is 2. The van der Waals surface area contributed by atoms with Gasteiger partial charge in [-0.15, -0.1) is 47.0 Å². The molecule has 5 rings (SSSR count). The number of pyridine rings is 2. The molecule has 12 heteroatoms. The lowest BCUT2D eigenvalue weighted by Crippen LogP contribution is -2.30. The molecule has 2 aromatic heterocycles. The Labute approximate surface area is 220 Å². The fourth-order valence-corrected chi connectivity index (χ4v) is 14.8. The molecule has 2 aromatic rings. The van der Waals surface area contributed by atoms with Gasteiger partial charge in [0, 0.05) is 35.8 Å². The molecular formula is C20H16N2O2S8. The number of thioether (sulfide) groups is 8. The van der Waals surface area contributed by atoms with Crippen LogP contribution in [0.25, 0.3) is 0 Å². The average molecular weight is 573 g/mol. The lowest BCUT2D eigenvalue weighted by molar-refractivity contribution is -0.613. The van der Waals surface area contributed by atoms with Gasteiger partial charge in [0.1, 0.15) is 0 Å². The molecule has 0 radical (unpaired) electrons. The van der Waals surface area contributed by atoms with Gasteiger partial charge in [-0.25, -0.2) is 0 Å². The summed E-state index contributed by atoms with van der Waals surface area (Å²) in [5.74, 6) is 3.60. The van der Waals surface area contributed by atoms with Crippen molar-refractivity contribution in [1.82, 2.24) is 0 Å². The topological polar surface area (TPSA) is 53.9 Å². The normalized spacial score (nSPS) is 18.6. The van der Waals surface area contributed by atoms with Crippen molar-refractivity contribution in [3.05, 3.63) is 96.0 Å². The van der Waals surface area contributed by atoms with Crippen molar-refractivity contribution in [2.75, 3.05) is 11.5 Å². The van der Waals surface area contributed by atoms with Crippen molar-refractivity contribution in [3.8, 4) is 0 Å². The van der Waals surface area contributed by atoms with Crippen LogP contribution >= 0.6 is 94.1 Å². The minimum atomic E-state index is 0.619. The fraction of sp³-hybridized carbons (Fsp3) is 0.200. The lowest BCUT2D eigenvalue weighted by atomic mass is 10.4. The molecule has 0 atom stereocenters. The van der Waals surface area contributed by atoms with Crippen molar-refractivity contribution in [2.24, 2.45) is 0 Å². The maximum atomic E-state index is 12.1. The van der Waals surface area contributed by atoms with Crippen LogP contribution in [-0.4, -0.2) is 11.5 Å². The highest BCUT2D eigenvalue weighted by Crippen LogP contribution is 2.67. The zero-order valence-corrected chi connectivity index (χ0v) is 23.0. The van der Waals surface area contributed by atoms with E-state index in [9.17, 15) is 10.4 Å². The third-order valence-corrected chi connectivity index (χ3v) is 16.2. The summed E-state index contributed by atoms with van der Waals surface area (Å²) in [6.07, 6.45) is 3.09. The summed E-state index contributed by atoms with van der Waals surface area (Å²) in [5.41, 5.74) is 1.49. The second-order valence-corrected chi connectivity index (χ2v) is 16.3. The molecule has 0 bridgehead atoms. The summed E-state index contributed by atoms with van der Waals surface area (Å²) < 4.78 is 9.86. The molecule has 0 fully saturated rings. The molecule has 0 N–H and O–H groups in total. The maximum Gasteiger partial charge on any atom is 0.203 e. The first kappa shape index (κ1) is 23.7. The monoisotopic (exact) mass is 572 g/mol. The molecule has 0 unspecified atom stereocenters. The van der Waals surface area contributed by atoms with Crippen molar-refractivity contribution >= 4 is 94.1 Å². The minimum Gasteiger partial charge on any atom is -0.618 e. The van der Waals surface area contributed by atoms with Gasteiger partial charge < -0.3 is 10.4 Å². The van der Waals surface area contributed by atoms with Crippen LogP contribution in [0.15, 0.2) is 74.2 Å². The van der Waals surface area contributed by atoms with Gasteiger partial charge in [-0.3, -0.25) is 0 Å². The van der Waals surface area contributed by atoms with Crippen LogP contribution < -0.4 is 9.46 Å². The van der Waals surface area contributed by atoms with E-state index in [1.165, 1.54) is 36.9 Å². The molecule has 0 aliphatic carbocycles. The van der Waals surface area contributed by atoms with E-state index in [2.05, 4.69) is 0 Å². The molecule has 0 amide bonds. The van der Waals surface area contributed by atoms with Gasteiger partial charge in [-0.05, 0) is 12.1 Å². The first-order valence-electron chi connectivity index (χ1n) is 9.47. The second-order valence-electron chi connectivity index (χ2n) is 6.44. The number of hydrogen-bond donors (Lipinski definition) is 0. The second kappa shape index (κ2) is 11.1. The van der Waals surface area contributed by atoms with Gasteiger partial charge in [0.15, 0.2) is 12.4 Å². The molecule has 0 spiro atoms. The zero-order valence-electron chi connectivity index (χ0n) is 16.4. The first-order valence-corrected chi connectivity index (χ1v) is 16.7. The zero-order chi connectivity index (χ0) is 21.9. The van der Waals surface area contributed by atoms with E-state index in [4.69, 9.17) is 0 Å². The van der Waals surface area contributed by atoms with Gasteiger partial charge in [-0.2, -0.15) is 9.46 Å². The third-order valence-electron chi connectivity index (χ3n) is 4.30. The summed E-state index contributed by atoms with van der Waals surface area (Å²) in [7, 11) is 0. The average Bonchev–Trinajstić information content (AvgIpc) is 3.42. The Kier molecular flexibility index (Phi) is 8.21. The molecular weight excluding hydrogens is 557 g/mol. The quantitative estimate of drug-likeness (QED) is 0.269. The van der Waals surface area contributed by atoms with Gasteiger partial charge in [0.25, 0.3) is 0 Å². The fourth-order valence-electron chi connectivity index (χ4n) is 2.76. The van der Waals surface area contributed by atoms with Crippen molar-refractivity contribution in [1.29, 1.82) is 0 Å². The Morgan fingerprint density at radius 2 is 1.12 bits per heavy atom. The Morgan fingerprint density at radius 3 is 1.59 bits per heavy atom. The summed E-state index contributed by atoms with van der Waals surface area (Å²) in [6.45, 7) is 0. The molecule has 32 heavy (non-hydrogen) atoms. The maximum absolute atomic E-state index is 12.1. The number of hydrogen-bond acceptors (Lipinski definition) is 10. The molecule has 166 valence electrons. The highest BCUT2D eigenvalue weighted by atomic mass is 32.3. The van der Waals surface area contributed by atoms with E-state index in [1.54, 1.807) is 48.1 Å². The lowest BCUT2D eigenvalue weighted by Gasteiger charge is -2.08. The van der Waals surface area contributed by atoms with E-state index in [0.717, 1.165) is 20.8 Å². The highest BCUT2D eigenvalue weighted by Gasteiger charge is 2.32. The highest BCUT2D eigenvalue weighted by molar-refractivity contribution is 8.45. The van der Waals surface area contributed by atoms with Crippen molar-refractivity contribution < 1.29 is 9.46 Å². The molecule has 3 aliphatic heterocycles. The SMILES string of the molecule is [O-][n+]1ccccc1CSC1=C(SCc2cccc[n+]2[O-])SC(=C2SC3=C(SCCS3)S2)S1. The number of nitrogens with zero attached hydrogens (tertiary/aromatic N) is 2. The van der Waals surface area contributed by atoms with Gasteiger partial charge in [-0.1, -0.05) is 47.0 Å². The molecule has 4 nitrogen and oxygen atoms in total. The van der Waals surface area contributed by atoms with Crippen LogP contribution in [0.3, 0.4) is 0 Å². The minimum absolute atomic E-state index is 0.619. The van der Waals surface area contributed by atoms with Crippen LogP contribution in [0.5, 0.6) is 0 Å². The third kappa shape index (κ3) is 5.59. The van der Waals surface area contributed by atoms with E-state index < -0.39 is 0 Å². The Balaban J connectivity index is 1.34. The Morgan fingerprint density at radius 1 is 0.656 bits per heavy atom. The van der Waals surface area contributed by atoms with Crippen molar-refractivity contribution in [2.45, 2.75) is 11.5 Å². The smallest absolute Gasteiger partial charge is 0.203 e. The van der Waals surface area contributed by atoms with Crippen LogP contribution in [0.1, 0.15) is 11.4 Å². The summed E-state index contributed by atoms with van der Waals surface area (Å²) in [4.78, 5) is 0. The van der Waals surface area contributed by atoms with Crippen LogP contribution in [0.2, 0.25) is 0 Å². The molecule has 0 aromatic carbocycles. The van der Waals surface area contributed by atoms with Gasteiger partial charge >= 0.3 is 0 Å². The molecule has 3 aliphatic rings. The molecule has 5 heterocycles. The summed E-state index contributed by atoms with van der Waals surface area (Å²) in [6, 6.07) is 11.1. The summed E-state index contributed by atoms with van der Waals surface area (Å²) in [5, 5.41) is 24.2. The molecule has 0 saturated heterocycles. The van der Waals surface area contributed by atoms with E-state index >= 15 is 0 Å². The van der Waals surface area contributed by atoms with E-state index in [-0.39, 0.29) is 0 Å². The van der Waals surface area contributed by atoms with Crippen molar-refractivity contribution in [3.63, 3.8) is 0 Å². The first-order chi connectivity index (χ1) is 15.7. The molecule has 0 saturated carbocycles. The standard InChI is InChI=1S/C20H16N2O2S8/c23-21-7-3-1-5-13(21)11-27-17-18(28-12-14-6-2-4-8-22(14)24)32-20(31-17)19-29-15-16(30-19)26-10-9-25-15/h1-8H,9-12H2. The Hall–Kier alpha value is -0.0800.